The molecule has 3 aromatic rings. The van der Waals surface area contributed by atoms with E-state index in [4.69, 9.17) is 11.6 Å². The minimum absolute atomic E-state index is 0.101. The second-order valence-corrected chi connectivity index (χ2v) is 8.63. The molecule has 140 valence electrons. The van der Waals surface area contributed by atoms with Crippen molar-refractivity contribution in [3.05, 3.63) is 59.5 Å². The molecule has 1 aromatic carbocycles. The number of carbonyl (C=O) groups is 1. The van der Waals surface area contributed by atoms with E-state index >= 15 is 0 Å². The highest BCUT2D eigenvalue weighted by Crippen LogP contribution is 2.35. The Labute approximate surface area is 161 Å². The highest BCUT2D eigenvalue weighted by Gasteiger charge is 2.39. The molecule has 0 aliphatic carbocycles. The van der Waals surface area contributed by atoms with Gasteiger partial charge in [0.2, 0.25) is 15.7 Å². The number of fused-ring (bicyclic) bond motifs is 1. The molecule has 2 N–H and O–H groups in total. The number of carbonyl (C=O) groups excluding carboxylic acids is 1. The number of halogens is 1. The van der Waals surface area contributed by atoms with Gasteiger partial charge in [-0.15, -0.1) is 0 Å². The summed E-state index contributed by atoms with van der Waals surface area (Å²) >= 11 is 6.15. The maximum Gasteiger partial charge on any atom is 0.237 e. The molecule has 1 atom stereocenters. The van der Waals surface area contributed by atoms with Crippen LogP contribution in [0, 0.1) is 0 Å². The van der Waals surface area contributed by atoms with Gasteiger partial charge in [-0.1, -0.05) is 29.8 Å². The van der Waals surface area contributed by atoms with Gasteiger partial charge >= 0.3 is 0 Å². The molecule has 0 radical (unpaired) electrons. The Bertz CT molecular complexity index is 1100. The van der Waals surface area contributed by atoms with Crippen LogP contribution in [0.3, 0.4) is 0 Å². The summed E-state index contributed by atoms with van der Waals surface area (Å²) in [6, 6.07) is 11.5. The number of aromatic nitrogens is 2. The monoisotopic (exact) mass is 404 g/mol. The Balaban J connectivity index is 1.90. The number of piperazine rings is 1. The van der Waals surface area contributed by atoms with Gasteiger partial charge < -0.3 is 15.2 Å². The summed E-state index contributed by atoms with van der Waals surface area (Å²) < 4.78 is 26.9. The Morgan fingerprint density at radius 3 is 2.67 bits per heavy atom. The highest BCUT2D eigenvalue weighted by molar-refractivity contribution is 7.91. The number of H-pyrrole nitrogens is 1. The van der Waals surface area contributed by atoms with Crippen molar-refractivity contribution in [1.82, 2.24) is 20.2 Å². The van der Waals surface area contributed by atoms with Gasteiger partial charge in [0, 0.05) is 24.7 Å². The van der Waals surface area contributed by atoms with E-state index in [1.807, 2.05) is 0 Å². The molecule has 7 nitrogen and oxygen atoms in total. The number of nitrogens with one attached hydrogen (secondary N) is 2. The molecule has 27 heavy (non-hydrogen) atoms. The van der Waals surface area contributed by atoms with Gasteiger partial charge in [0.05, 0.1) is 22.7 Å². The summed E-state index contributed by atoms with van der Waals surface area (Å²) in [5, 5.41) is 2.69. The smallest absolute Gasteiger partial charge is 0.237 e. The quantitative estimate of drug-likeness (QED) is 0.649. The zero-order chi connectivity index (χ0) is 19.0. The molecule has 1 aliphatic heterocycles. The van der Waals surface area contributed by atoms with Gasteiger partial charge in [-0.2, -0.15) is 0 Å². The van der Waals surface area contributed by atoms with Crippen LogP contribution in [-0.4, -0.2) is 48.8 Å². The topological polar surface area (TPSA) is 95.2 Å². The van der Waals surface area contributed by atoms with Gasteiger partial charge in [-0.25, -0.2) is 13.4 Å². The van der Waals surface area contributed by atoms with Crippen LogP contribution in [0.2, 0.25) is 5.15 Å². The van der Waals surface area contributed by atoms with Crippen molar-refractivity contribution in [1.29, 1.82) is 0 Å². The molecule has 9 heteroatoms. The van der Waals surface area contributed by atoms with Gasteiger partial charge in [0.1, 0.15) is 5.15 Å². The first-order valence-electron chi connectivity index (χ1n) is 8.41. The molecule has 0 saturated carbocycles. The molecule has 1 amide bonds. The van der Waals surface area contributed by atoms with Crippen LogP contribution in [0.15, 0.2) is 53.6 Å². The number of pyridine rings is 1. The van der Waals surface area contributed by atoms with Crippen molar-refractivity contribution in [2.45, 2.75) is 10.3 Å². The average Bonchev–Trinajstić information content (AvgIpc) is 3.09. The first-order valence-corrected chi connectivity index (χ1v) is 10.3. The number of hydrogen-bond acceptors (Lipinski definition) is 5. The molecular weight excluding hydrogens is 388 g/mol. The lowest BCUT2D eigenvalue weighted by Crippen LogP contribution is -2.51. The predicted molar refractivity (Wildman–Crippen MR) is 102 cm³/mol. The zero-order valence-electron chi connectivity index (χ0n) is 14.2. The second-order valence-electron chi connectivity index (χ2n) is 6.26. The number of hydrogen-bond donors (Lipinski definition) is 2. The molecule has 0 bridgehead atoms. The molecule has 1 saturated heterocycles. The van der Waals surface area contributed by atoms with Crippen molar-refractivity contribution in [2.75, 3.05) is 19.6 Å². The van der Waals surface area contributed by atoms with E-state index in [0.29, 0.717) is 23.1 Å². The van der Waals surface area contributed by atoms with E-state index in [9.17, 15) is 13.2 Å². The largest absolute Gasteiger partial charge is 0.356 e. The van der Waals surface area contributed by atoms with E-state index in [1.54, 1.807) is 36.5 Å². The van der Waals surface area contributed by atoms with Crippen LogP contribution < -0.4 is 5.32 Å². The highest BCUT2D eigenvalue weighted by atomic mass is 35.5. The Morgan fingerprint density at radius 1 is 1.19 bits per heavy atom. The fourth-order valence-corrected chi connectivity index (χ4v) is 5.31. The molecule has 0 spiro atoms. The van der Waals surface area contributed by atoms with Crippen molar-refractivity contribution in [3.8, 4) is 0 Å². The summed E-state index contributed by atoms with van der Waals surface area (Å²) in [7, 11) is -3.86. The molecule has 1 unspecified atom stereocenters. The second kappa shape index (κ2) is 6.95. The number of sulfone groups is 1. The number of benzene rings is 1. The molecule has 2 aromatic heterocycles. The van der Waals surface area contributed by atoms with E-state index in [1.165, 1.54) is 17.0 Å². The fourth-order valence-electron chi connectivity index (χ4n) is 3.28. The summed E-state index contributed by atoms with van der Waals surface area (Å²) in [5.41, 5.74) is 1.06. The maximum atomic E-state index is 13.5. The number of aromatic amines is 1. The van der Waals surface area contributed by atoms with Crippen LogP contribution in [0.5, 0.6) is 0 Å². The van der Waals surface area contributed by atoms with Crippen LogP contribution >= 0.6 is 11.6 Å². The summed E-state index contributed by atoms with van der Waals surface area (Å²) in [4.78, 5) is 21.2. The van der Waals surface area contributed by atoms with Crippen LogP contribution in [0.4, 0.5) is 0 Å². The maximum absolute atomic E-state index is 13.5. The lowest BCUT2D eigenvalue weighted by atomic mass is 10.3. The fraction of sp³-hybridized carbons (Fsp3) is 0.222. The van der Waals surface area contributed by atoms with Crippen molar-refractivity contribution in [3.63, 3.8) is 0 Å². The first kappa shape index (κ1) is 18.0. The van der Waals surface area contributed by atoms with E-state index < -0.39 is 15.2 Å². The van der Waals surface area contributed by atoms with Crippen molar-refractivity contribution < 1.29 is 13.2 Å². The normalized spacial score (nSPS) is 16.6. The third-order valence-corrected chi connectivity index (χ3v) is 6.89. The SMILES string of the molecule is O=C1CNCCN1C(c1cc2c(Cl)nccc2[nH]1)S(=O)(=O)c1ccccc1. The van der Waals surface area contributed by atoms with Gasteiger partial charge in [-0.05, 0) is 24.3 Å². The Kier molecular flexibility index (Phi) is 4.63. The number of nitrogens with zero attached hydrogens (tertiary/aromatic N) is 2. The minimum Gasteiger partial charge on any atom is -0.356 e. The number of amides is 1. The summed E-state index contributed by atoms with van der Waals surface area (Å²) in [5.74, 6) is -0.270. The third-order valence-electron chi connectivity index (χ3n) is 4.56. The van der Waals surface area contributed by atoms with Crippen molar-refractivity contribution >= 4 is 38.2 Å². The van der Waals surface area contributed by atoms with Crippen molar-refractivity contribution in [2.24, 2.45) is 0 Å². The summed E-state index contributed by atoms with van der Waals surface area (Å²) in [6.07, 6.45) is 1.54. The molecule has 3 heterocycles. The average molecular weight is 405 g/mol. The molecule has 1 aliphatic rings. The Hall–Kier alpha value is -2.42. The molecule has 1 fully saturated rings. The van der Waals surface area contributed by atoms with E-state index in [2.05, 4.69) is 15.3 Å². The van der Waals surface area contributed by atoms with Gasteiger partial charge in [-0.3, -0.25) is 4.79 Å². The van der Waals surface area contributed by atoms with Crippen LogP contribution in [-0.2, 0) is 14.6 Å². The van der Waals surface area contributed by atoms with E-state index in [-0.39, 0.29) is 29.0 Å². The number of rotatable bonds is 4. The zero-order valence-corrected chi connectivity index (χ0v) is 15.8. The predicted octanol–water partition coefficient (Wildman–Crippen LogP) is 2.12. The molecular formula is C18H17ClN4O3S. The molecule has 4 rings (SSSR count). The Morgan fingerprint density at radius 2 is 1.96 bits per heavy atom. The standard InChI is InChI=1S/C18H17ClN4O3S/c19-17-13-10-15(22-14(13)6-7-21-17)18(23-9-8-20-11-16(23)24)27(25,26)12-4-2-1-3-5-12/h1-7,10,18,20,22H,8-9,11H2. The van der Waals surface area contributed by atoms with Crippen LogP contribution in [0.25, 0.3) is 10.9 Å². The first-order chi connectivity index (χ1) is 13.0. The summed E-state index contributed by atoms with van der Waals surface area (Å²) in [6.45, 7) is 0.912. The lowest BCUT2D eigenvalue weighted by Gasteiger charge is -2.34. The van der Waals surface area contributed by atoms with Gasteiger partial charge in [0.25, 0.3) is 0 Å². The van der Waals surface area contributed by atoms with Gasteiger partial charge in [0.15, 0.2) is 5.37 Å². The minimum atomic E-state index is -3.86. The lowest BCUT2D eigenvalue weighted by molar-refractivity contribution is -0.132. The third kappa shape index (κ3) is 3.20. The van der Waals surface area contributed by atoms with Crippen LogP contribution in [0.1, 0.15) is 11.1 Å². The van der Waals surface area contributed by atoms with E-state index in [0.717, 1.165) is 0 Å².